The van der Waals surface area contributed by atoms with Crippen molar-refractivity contribution in [1.29, 1.82) is 5.26 Å². The van der Waals surface area contributed by atoms with E-state index in [2.05, 4.69) is 24.7 Å². The first-order valence-electron chi connectivity index (χ1n) is 9.14. The van der Waals surface area contributed by atoms with Gasteiger partial charge in [-0.3, -0.25) is 0 Å². The standard InChI is InChI=1S/C20H21N5O2S/c1-20(2,3)27-19(26)23-13-7-16-15-6-12(9-21)4-5-17(15)25(18(16)8-13)11-14-10-22-28-24-14/h4-6,10,13H,7-8,11H2,1-3H3,(H,23,26)/t13-/m1/s1. The molecule has 7 nitrogen and oxygen atoms in total. The van der Waals surface area contributed by atoms with Gasteiger partial charge in [-0.2, -0.15) is 14.0 Å². The summed E-state index contributed by atoms with van der Waals surface area (Å²) < 4.78 is 16.0. The predicted molar refractivity (Wildman–Crippen MR) is 106 cm³/mol. The van der Waals surface area contributed by atoms with E-state index in [1.54, 1.807) is 6.20 Å². The van der Waals surface area contributed by atoms with Gasteiger partial charge in [0.05, 0.1) is 41.8 Å². The average Bonchev–Trinajstić information content (AvgIpc) is 3.31. The van der Waals surface area contributed by atoms with Crippen molar-refractivity contribution in [3.8, 4) is 6.07 Å². The van der Waals surface area contributed by atoms with Crippen LogP contribution in [0.2, 0.25) is 0 Å². The number of fused-ring (bicyclic) bond motifs is 3. The second-order valence-electron chi connectivity index (χ2n) is 8.01. The number of benzene rings is 1. The summed E-state index contributed by atoms with van der Waals surface area (Å²) >= 11 is 1.19. The lowest BCUT2D eigenvalue weighted by atomic mass is 10.1. The van der Waals surface area contributed by atoms with Crippen LogP contribution >= 0.6 is 11.7 Å². The van der Waals surface area contributed by atoms with Gasteiger partial charge >= 0.3 is 6.09 Å². The third kappa shape index (κ3) is 3.58. The zero-order valence-electron chi connectivity index (χ0n) is 16.0. The van der Waals surface area contributed by atoms with Crippen molar-refractivity contribution in [2.45, 2.75) is 51.8 Å². The fourth-order valence-electron chi connectivity index (χ4n) is 3.73. The number of nitriles is 1. The van der Waals surface area contributed by atoms with Crippen molar-refractivity contribution in [2.75, 3.05) is 0 Å². The molecule has 0 spiro atoms. The molecule has 0 fully saturated rings. The molecule has 0 unspecified atom stereocenters. The lowest BCUT2D eigenvalue weighted by Gasteiger charge is -2.22. The summed E-state index contributed by atoms with van der Waals surface area (Å²) in [5, 5.41) is 13.3. The molecule has 3 aromatic rings. The van der Waals surface area contributed by atoms with E-state index in [0.29, 0.717) is 24.9 Å². The van der Waals surface area contributed by atoms with E-state index in [-0.39, 0.29) is 6.04 Å². The summed E-state index contributed by atoms with van der Waals surface area (Å²) in [5.74, 6) is 0. The number of amides is 1. The molecule has 2 heterocycles. The minimum Gasteiger partial charge on any atom is -0.444 e. The number of nitrogens with zero attached hydrogens (tertiary/aromatic N) is 4. The van der Waals surface area contributed by atoms with Gasteiger partial charge in [-0.05, 0) is 51.0 Å². The molecule has 28 heavy (non-hydrogen) atoms. The molecule has 0 saturated heterocycles. The topological polar surface area (TPSA) is 92.8 Å². The summed E-state index contributed by atoms with van der Waals surface area (Å²) in [6, 6.07) is 7.94. The lowest BCUT2D eigenvalue weighted by molar-refractivity contribution is 0.0506. The highest BCUT2D eigenvalue weighted by molar-refractivity contribution is 6.99. The molecule has 1 aliphatic carbocycles. The van der Waals surface area contributed by atoms with Crippen LogP contribution in [0.5, 0.6) is 0 Å². The summed E-state index contributed by atoms with van der Waals surface area (Å²) in [7, 11) is 0. The number of alkyl carbamates (subject to hydrolysis) is 1. The number of hydrogen-bond acceptors (Lipinski definition) is 6. The molecule has 4 rings (SSSR count). The monoisotopic (exact) mass is 395 g/mol. The summed E-state index contributed by atoms with van der Waals surface area (Å²) in [5.41, 5.74) is 4.42. The van der Waals surface area contributed by atoms with E-state index in [1.165, 1.54) is 23.0 Å². The van der Waals surface area contributed by atoms with E-state index in [4.69, 9.17) is 4.74 Å². The fraction of sp³-hybridized carbons (Fsp3) is 0.400. The molecule has 1 N–H and O–H groups in total. The SMILES string of the molecule is CC(C)(C)OC(=O)N[C@@H]1Cc2c(n(Cc3cnsn3)c3ccc(C#N)cc23)C1. The Balaban J connectivity index is 1.66. The molecule has 1 aliphatic rings. The number of hydrogen-bond donors (Lipinski definition) is 1. The maximum atomic E-state index is 12.2. The Hall–Kier alpha value is -2.92. The van der Waals surface area contributed by atoms with Gasteiger partial charge in [0.15, 0.2) is 0 Å². The van der Waals surface area contributed by atoms with Gasteiger partial charge in [0.25, 0.3) is 0 Å². The molecule has 0 bridgehead atoms. The summed E-state index contributed by atoms with van der Waals surface area (Å²) in [4.78, 5) is 12.2. The van der Waals surface area contributed by atoms with Crippen molar-refractivity contribution in [3.05, 3.63) is 46.9 Å². The predicted octanol–water partition coefficient (Wildman–Crippen LogP) is 3.40. The highest BCUT2D eigenvalue weighted by atomic mass is 32.1. The zero-order chi connectivity index (χ0) is 19.9. The van der Waals surface area contributed by atoms with Crippen LogP contribution < -0.4 is 5.32 Å². The maximum Gasteiger partial charge on any atom is 0.407 e. The van der Waals surface area contributed by atoms with Crippen molar-refractivity contribution in [3.63, 3.8) is 0 Å². The zero-order valence-corrected chi connectivity index (χ0v) is 16.8. The summed E-state index contributed by atoms with van der Waals surface area (Å²) in [6.45, 7) is 6.17. The molecular formula is C20H21N5O2S. The average molecular weight is 395 g/mol. The molecule has 0 radical (unpaired) electrons. The van der Waals surface area contributed by atoms with Gasteiger partial charge in [-0.1, -0.05) is 0 Å². The molecule has 8 heteroatoms. The third-order valence-corrected chi connectivity index (χ3v) is 5.27. The van der Waals surface area contributed by atoms with E-state index < -0.39 is 11.7 Å². The molecule has 144 valence electrons. The van der Waals surface area contributed by atoms with E-state index in [9.17, 15) is 10.1 Å². The number of rotatable bonds is 3. The van der Waals surface area contributed by atoms with Gasteiger partial charge < -0.3 is 14.6 Å². The van der Waals surface area contributed by atoms with Crippen LogP contribution in [-0.4, -0.2) is 31.1 Å². The highest BCUT2D eigenvalue weighted by Crippen LogP contribution is 2.34. The molecular weight excluding hydrogens is 374 g/mol. The number of carbonyl (C=O) groups excluding carboxylic acids is 1. The molecule has 1 amide bonds. The summed E-state index contributed by atoms with van der Waals surface area (Å²) in [6.07, 6.45) is 2.79. The Labute approximate surface area is 167 Å². The minimum atomic E-state index is -0.531. The highest BCUT2D eigenvalue weighted by Gasteiger charge is 2.31. The van der Waals surface area contributed by atoms with Gasteiger partial charge in [0, 0.05) is 29.1 Å². The quantitative estimate of drug-likeness (QED) is 0.734. The third-order valence-electron chi connectivity index (χ3n) is 4.75. The van der Waals surface area contributed by atoms with Gasteiger partial charge in [0.1, 0.15) is 5.60 Å². The van der Waals surface area contributed by atoms with Crippen LogP contribution in [0.15, 0.2) is 24.4 Å². The Morgan fingerprint density at radius 3 is 2.93 bits per heavy atom. The van der Waals surface area contributed by atoms with Crippen molar-refractivity contribution in [2.24, 2.45) is 0 Å². The van der Waals surface area contributed by atoms with Crippen LogP contribution in [0.3, 0.4) is 0 Å². The molecule has 0 aliphatic heterocycles. The minimum absolute atomic E-state index is 0.0326. The second kappa shape index (κ2) is 6.91. The largest absolute Gasteiger partial charge is 0.444 e. The Bertz CT molecular complexity index is 1070. The van der Waals surface area contributed by atoms with Crippen LogP contribution in [0, 0.1) is 11.3 Å². The first kappa shape index (κ1) is 18.4. The van der Waals surface area contributed by atoms with Crippen molar-refractivity contribution >= 4 is 28.7 Å². The van der Waals surface area contributed by atoms with Gasteiger partial charge in [0.2, 0.25) is 0 Å². The van der Waals surface area contributed by atoms with Crippen LogP contribution in [0.25, 0.3) is 10.9 Å². The number of carbonyl (C=O) groups is 1. The lowest BCUT2D eigenvalue weighted by Crippen LogP contribution is -2.39. The van der Waals surface area contributed by atoms with E-state index in [0.717, 1.165) is 16.6 Å². The maximum absolute atomic E-state index is 12.2. The molecule has 1 aromatic carbocycles. The Kier molecular flexibility index (Phi) is 4.55. The molecule has 2 aromatic heterocycles. The van der Waals surface area contributed by atoms with E-state index in [1.807, 2.05) is 39.0 Å². The number of ether oxygens (including phenoxy) is 1. The Morgan fingerprint density at radius 1 is 1.43 bits per heavy atom. The molecule has 1 atom stereocenters. The fourth-order valence-corrected chi connectivity index (χ4v) is 4.16. The normalized spacial score (nSPS) is 16.0. The van der Waals surface area contributed by atoms with Gasteiger partial charge in [-0.15, -0.1) is 0 Å². The van der Waals surface area contributed by atoms with Crippen LogP contribution in [0.1, 0.15) is 43.3 Å². The van der Waals surface area contributed by atoms with E-state index >= 15 is 0 Å². The van der Waals surface area contributed by atoms with Crippen molar-refractivity contribution in [1.82, 2.24) is 18.6 Å². The van der Waals surface area contributed by atoms with Gasteiger partial charge in [-0.25, -0.2) is 4.79 Å². The smallest absolute Gasteiger partial charge is 0.407 e. The first-order chi connectivity index (χ1) is 13.3. The van der Waals surface area contributed by atoms with Crippen LogP contribution in [0.4, 0.5) is 4.79 Å². The number of aromatic nitrogens is 3. The number of nitrogens with one attached hydrogen (secondary N) is 1. The first-order valence-corrected chi connectivity index (χ1v) is 9.87. The Morgan fingerprint density at radius 2 is 2.25 bits per heavy atom. The van der Waals surface area contributed by atoms with Crippen LogP contribution in [-0.2, 0) is 24.1 Å². The van der Waals surface area contributed by atoms with Crippen molar-refractivity contribution < 1.29 is 9.53 Å². The molecule has 0 saturated carbocycles. The second-order valence-corrected chi connectivity index (χ2v) is 8.56.